The first-order chi connectivity index (χ1) is 13.8. The van der Waals surface area contributed by atoms with Crippen molar-refractivity contribution in [1.82, 2.24) is 4.98 Å². The van der Waals surface area contributed by atoms with Gasteiger partial charge in [-0.3, -0.25) is 14.6 Å². The highest BCUT2D eigenvalue weighted by Crippen LogP contribution is 2.39. The summed E-state index contributed by atoms with van der Waals surface area (Å²) in [5.74, 6) is 0.147. The molecule has 148 valence electrons. The summed E-state index contributed by atoms with van der Waals surface area (Å²) in [7, 11) is 0. The minimum atomic E-state index is -1.02. The van der Waals surface area contributed by atoms with Crippen LogP contribution in [0.4, 0.5) is 11.4 Å². The van der Waals surface area contributed by atoms with E-state index in [0.717, 1.165) is 10.9 Å². The normalized spacial score (nSPS) is 15.0. The molecule has 4 rings (SSSR count). The van der Waals surface area contributed by atoms with Gasteiger partial charge in [0.05, 0.1) is 16.9 Å². The van der Waals surface area contributed by atoms with Crippen LogP contribution in [0.15, 0.2) is 54.7 Å². The van der Waals surface area contributed by atoms with Crippen LogP contribution in [-0.2, 0) is 9.59 Å². The molecule has 1 aliphatic rings. The van der Waals surface area contributed by atoms with Gasteiger partial charge in [0, 0.05) is 29.6 Å². The van der Waals surface area contributed by atoms with Gasteiger partial charge in [-0.1, -0.05) is 29.8 Å². The lowest BCUT2D eigenvalue weighted by Crippen LogP contribution is -2.53. The number of nitrogens with zero attached hydrogens (tertiary/aromatic N) is 2. The van der Waals surface area contributed by atoms with Gasteiger partial charge in [0.25, 0.3) is 5.91 Å². The fraction of sp³-hybridized carbons (Fsp3) is 0.227. The van der Waals surface area contributed by atoms with Gasteiger partial charge < -0.3 is 15.0 Å². The fourth-order valence-corrected chi connectivity index (χ4v) is 3.56. The van der Waals surface area contributed by atoms with Gasteiger partial charge in [0.1, 0.15) is 5.75 Å². The molecule has 0 aliphatic carbocycles. The molecule has 0 saturated heterocycles. The van der Waals surface area contributed by atoms with E-state index in [1.54, 1.807) is 43.1 Å². The standard InChI is InChI=1S/C22H20ClN3O3/c1-22(2)21(28)26(17-13-15(23)8-9-18(17)29-22)12-10-19(27)25-16-7-3-5-14-6-4-11-24-20(14)16/h3-9,11,13H,10,12H2,1-2H3,(H,25,27). The summed E-state index contributed by atoms with van der Waals surface area (Å²) in [5, 5.41) is 4.34. The molecule has 0 unspecified atom stereocenters. The number of carbonyl (C=O) groups is 2. The van der Waals surface area contributed by atoms with E-state index in [9.17, 15) is 9.59 Å². The number of anilines is 2. The number of hydrogen-bond donors (Lipinski definition) is 1. The number of carbonyl (C=O) groups excluding carboxylic acids is 2. The molecule has 2 amide bonds. The van der Waals surface area contributed by atoms with Crippen LogP contribution in [0.3, 0.4) is 0 Å². The maximum Gasteiger partial charge on any atom is 0.270 e. The van der Waals surface area contributed by atoms with Gasteiger partial charge in [-0.2, -0.15) is 0 Å². The van der Waals surface area contributed by atoms with Gasteiger partial charge in [0.15, 0.2) is 5.60 Å². The van der Waals surface area contributed by atoms with Crippen molar-refractivity contribution in [1.29, 1.82) is 0 Å². The Morgan fingerprint density at radius 1 is 1.21 bits per heavy atom. The second-order valence-corrected chi connectivity index (χ2v) is 7.80. The van der Waals surface area contributed by atoms with Gasteiger partial charge in [0.2, 0.25) is 5.91 Å². The van der Waals surface area contributed by atoms with Crippen LogP contribution in [0.5, 0.6) is 5.75 Å². The van der Waals surface area contributed by atoms with Crippen LogP contribution in [0.2, 0.25) is 5.02 Å². The van der Waals surface area contributed by atoms with E-state index in [4.69, 9.17) is 16.3 Å². The van der Waals surface area contributed by atoms with Crippen LogP contribution in [0.1, 0.15) is 20.3 Å². The van der Waals surface area contributed by atoms with E-state index in [1.807, 2.05) is 30.3 Å². The third-order valence-corrected chi connectivity index (χ3v) is 5.04. The average molecular weight is 410 g/mol. The molecule has 3 aromatic rings. The second-order valence-electron chi connectivity index (χ2n) is 7.36. The number of nitrogens with one attached hydrogen (secondary N) is 1. The van der Waals surface area contributed by atoms with Crippen molar-refractivity contribution < 1.29 is 14.3 Å². The SMILES string of the molecule is CC1(C)Oc2ccc(Cl)cc2N(CCC(=O)Nc2cccc3cccnc23)C1=O. The molecule has 0 spiro atoms. The van der Waals surface area contributed by atoms with Gasteiger partial charge in [-0.05, 0) is 44.2 Å². The topological polar surface area (TPSA) is 71.5 Å². The number of rotatable bonds is 4. The zero-order valence-corrected chi connectivity index (χ0v) is 16.9. The molecule has 6 nitrogen and oxygen atoms in total. The van der Waals surface area contributed by atoms with Gasteiger partial charge >= 0.3 is 0 Å². The number of aromatic nitrogens is 1. The lowest BCUT2D eigenvalue weighted by atomic mass is 10.0. The summed E-state index contributed by atoms with van der Waals surface area (Å²) in [5.41, 5.74) is 0.923. The van der Waals surface area contributed by atoms with E-state index >= 15 is 0 Å². The molecule has 29 heavy (non-hydrogen) atoms. The molecular formula is C22H20ClN3O3. The molecule has 0 atom stereocenters. The Labute approximate surface area is 173 Å². The molecule has 1 N–H and O–H groups in total. The summed E-state index contributed by atoms with van der Waals surface area (Å²) in [6.07, 6.45) is 1.81. The molecule has 7 heteroatoms. The Kier molecular flexibility index (Phi) is 4.88. The van der Waals surface area contributed by atoms with Crippen molar-refractivity contribution in [3.63, 3.8) is 0 Å². The summed E-state index contributed by atoms with van der Waals surface area (Å²) < 4.78 is 5.81. The number of hydrogen-bond acceptors (Lipinski definition) is 4. The lowest BCUT2D eigenvalue weighted by molar-refractivity contribution is -0.132. The zero-order valence-electron chi connectivity index (χ0n) is 16.1. The maximum absolute atomic E-state index is 12.9. The Hall–Kier alpha value is -3.12. The Morgan fingerprint density at radius 2 is 2.00 bits per heavy atom. The van der Waals surface area contributed by atoms with Crippen LogP contribution < -0.4 is 15.0 Å². The second kappa shape index (κ2) is 7.37. The first kappa shape index (κ1) is 19.2. The number of pyridine rings is 1. The van der Waals surface area contributed by atoms with Crippen molar-refractivity contribution in [3.8, 4) is 5.75 Å². The van der Waals surface area contributed by atoms with E-state index in [-0.39, 0.29) is 24.8 Å². The molecule has 0 fully saturated rings. The largest absolute Gasteiger partial charge is 0.476 e. The number of para-hydroxylation sites is 1. The van der Waals surface area contributed by atoms with Crippen LogP contribution in [0.25, 0.3) is 10.9 Å². The summed E-state index contributed by atoms with van der Waals surface area (Å²) in [4.78, 5) is 31.4. The van der Waals surface area contributed by atoms with Crippen LogP contribution in [0, 0.1) is 0 Å². The molecule has 2 heterocycles. The van der Waals surface area contributed by atoms with Crippen molar-refractivity contribution in [2.24, 2.45) is 0 Å². The molecule has 0 saturated carbocycles. The van der Waals surface area contributed by atoms with Crippen molar-refractivity contribution in [2.75, 3.05) is 16.8 Å². The predicted molar refractivity (Wildman–Crippen MR) is 114 cm³/mol. The first-order valence-electron chi connectivity index (χ1n) is 9.29. The highest BCUT2D eigenvalue weighted by atomic mass is 35.5. The quantitative estimate of drug-likeness (QED) is 0.692. The van der Waals surface area contributed by atoms with E-state index in [2.05, 4.69) is 10.3 Å². The van der Waals surface area contributed by atoms with Gasteiger partial charge in [-0.25, -0.2) is 0 Å². The lowest BCUT2D eigenvalue weighted by Gasteiger charge is -2.38. The van der Waals surface area contributed by atoms with Crippen LogP contribution >= 0.6 is 11.6 Å². The van der Waals surface area contributed by atoms with E-state index in [0.29, 0.717) is 22.1 Å². The van der Waals surface area contributed by atoms with Crippen molar-refractivity contribution in [3.05, 3.63) is 59.8 Å². The molecule has 1 aromatic heterocycles. The fourth-order valence-electron chi connectivity index (χ4n) is 3.39. The maximum atomic E-state index is 12.9. The average Bonchev–Trinajstić information content (AvgIpc) is 2.69. The molecule has 1 aliphatic heterocycles. The predicted octanol–water partition coefficient (Wildman–Crippen LogP) is 4.42. The summed E-state index contributed by atoms with van der Waals surface area (Å²) >= 11 is 6.11. The minimum Gasteiger partial charge on any atom is -0.476 e. The molecular weight excluding hydrogens is 390 g/mol. The zero-order chi connectivity index (χ0) is 20.6. The Balaban J connectivity index is 1.53. The third-order valence-electron chi connectivity index (χ3n) is 4.81. The summed E-state index contributed by atoms with van der Waals surface area (Å²) in [6.45, 7) is 3.63. The minimum absolute atomic E-state index is 0.122. The van der Waals surface area contributed by atoms with Gasteiger partial charge in [-0.15, -0.1) is 0 Å². The highest BCUT2D eigenvalue weighted by molar-refractivity contribution is 6.31. The Morgan fingerprint density at radius 3 is 2.83 bits per heavy atom. The molecule has 2 aromatic carbocycles. The summed E-state index contributed by atoms with van der Waals surface area (Å²) in [6, 6.07) is 14.5. The van der Waals surface area contributed by atoms with Crippen molar-refractivity contribution in [2.45, 2.75) is 25.9 Å². The molecule has 0 radical (unpaired) electrons. The number of benzene rings is 2. The number of ether oxygens (including phenoxy) is 1. The van der Waals surface area contributed by atoms with Crippen LogP contribution in [-0.4, -0.2) is 28.9 Å². The smallest absolute Gasteiger partial charge is 0.270 e. The first-order valence-corrected chi connectivity index (χ1v) is 9.67. The number of amides is 2. The third kappa shape index (κ3) is 3.76. The van der Waals surface area contributed by atoms with E-state index < -0.39 is 5.60 Å². The van der Waals surface area contributed by atoms with E-state index in [1.165, 1.54) is 0 Å². The Bertz CT molecular complexity index is 1110. The molecule has 0 bridgehead atoms. The monoisotopic (exact) mass is 409 g/mol. The van der Waals surface area contributed by atoms with Crippen molar-refractivity contribution >= 4 is 45.7 Å². The number of fused-ring (bicyclic) bond motifs is 2. The highest BCUT2D eigenvalue weighted by Gasteiger charge is 2.40. The number of halogens is 1.